The SMILES string of the molecule is CCC(C)COC(=O)c1ccc(-c2ccc(OCCCCCCCCCOc3ccc(C=Nc4ccc(N=Cc5ccc(OCCCCCCCCCOc6ccc(-c7ccc(C(=O)OCC(C)CC)cc7)cc6)c(C)c5)cc4)cc3C)cc2)cc1. The second-order valence-corrected chi connectivity index (χ2v) is 22.9. The molecule has 0 bridgehead atoms. The van der Waals surface area contributed by atoms with E-state index in [1.54, 1.807) is 0 Å². The summed E-state index contributed by atoms with van der Waals surface area (Å²) in [6, 6.07) is 51.9. The van der Waals surface area contributed by atoms with Crippen molar-refractivity contribution in [2.75, 3.05) is 39.6 Å². The van der Waals surface area contributed by atoms with Crippen molar-refractivity contribution in [2.24, 2.45) is 21.8 Å². The molecular formula is C76H92N2O8. The molecule has 0 N–H and O–H groups in total. The van der Waals surface area contributed by atoms with Crippen LogP contribution in [0.2, 0.25) is 0 Å². The molecule has 0 fully saturated rings. The molecule has 7 rings (SSSR count). The number of carbonyl (C=O) groups is 2. The molecule has 0 saturated carbocycles. The normalized spacial score (nSPS) is 12.1. The fourth-order valence-electron chi connectivity index (χ4n) is 9.60. The summed E-state index contributed by atoms with van der Waals surface area (Å²) in [7, 11) is 0. The van der Waals surface area contributed by atoms with Gasteiger partial charge in [0.05, 0.1) is 62.1 Å². The molecule has 0 saturated heterocycles. The van der Waals surface area contributed by atoms with Crippen LogP contribution in [0.5, 0.6) is 23.0 Å². The number of aliphatic imine (C=N–C) groups is 2. The van der Waals surface area contributed by atoms with E-state index in [-0.39, 0.29) is 11.9 Å². The third-order valence-electron chi connectivity index (χ3n) is 15.6. The Hall–Kier alpha value is -7.98. The third kappa shape index (κ3) is 23.1. The zero-order valence-electron chi connectivity index (χ0n) is 52.0. The zero-order valence-corrected chi connectivity index (χ0v) is 52.0. The molecule has 0 spiro atoms. The van der Waals surface area contributed by atoms with E-state index in [0.29, 0.717) is 49.4 Å². The van der Waals surface area contributed by atoms with Crippen molar-refractivity contribution in [2.45, 2.75) is 144 Å². The highest BCUT2D eigenvalue weighted by atomic mass is 16.5. The molecule has 7 aromatic rings. The lowest BCUT2D eigenvalue weighted by atomic mass is 10.0. The van der Waals surface area contributed by atoms with E-state index in [4.69, 9.17) is 38.4 Å². The molecule has 2 atom stereocenters. The predicted octanol–water partition coefficient (Wildman–Crippen LogP) is 19.9. The topological polar surface area (TPSA) is 114 Å². The first-order valence-corrected chi connectivity index (χ1v) is 31.7. The van der Waals surface area contributed by atoms with Gasteiger partial charge in [-0.1, -0.05) is 153 Å². The molecule has 0 aliphatic rings. The Morgan fingerprint density at radius 1 is 0.384 bits per heavy atom. The molecule has 0 aliphatic carbocycles. The highest BCUT2D eigenvalue weighted by molar-refractivity contribution is 5.91. The van der Waals surface area contributed by atoms with Crippen LogP contribution in [0.4, 0.5) is 11.4 Å². The number of nitrogens with zero attached hydrogens (tertiary/aromatic N) is 2. The Morgan fingerprint density at radius 2 is 0.686 bits per heavy atom. The molecular weight excluding hydrogens is 1070 g/mol. The van der Waals surface area contributed by atoms with Crippen LogP contribution in [0.1, 0.15) is 173 Å². The minimum Gasteiger partial charge on any atom is -0.494 e. The van der Waals surface area contributed by atoms with Gasteiger partial charge in [0.25, 0.3) is 0 Å². The van der Waals surface area contributed by atoms with E-state index in [2.05, 4.69) is 90.1 Å². The quantitative estimate of drug-likeness (QED) is 0.0214. The zero-order chi connectivity index (χ0) is 60.6. The molecule has 0 radical (unpaired) electrons. The Balaban J connectivity index is 0.674. The van der Waals surface area contributed by atoms with Gasteiger partial charge in [-0.05, 0) is 205 Å². The van der Waals surface area contributed by atoms with E-state index in [1.807, 2.05) is 122 Å². The van der Waals surface area contributed by atoms with Gasteiger partial charge >= 0.3 is 11.9 Å². The number of hydrogen-bond acceptors (Lipinski definition) is 10. The maximum absolute atomic E-state index is 12.4. The van der Waals surface area contributed by atoms with Crippen LogP contribution in [0.15, 0.2) is 168 Å². The minimum absolute atomic E-state index is 0.271. The second-order valence-electron chi connectivity index (χ2n) is 22.9. The van der Waals surface area contributed by atoms with Crippen molar-refractivity contribution in [3.8, 4) is 45.3 Å². The van der Waals surface area contributed by atoms with E-state index in [9.17, 15) is 9.59 Å². The van der Waals surface area contributed by atoms with Crippen LogP contribution in [-0.2, 0) is 9.47 Å². The van der Waals surface area contributed by atoms with E-state index < -0.39 is 0 Å². The Bertz CT molecular complexity index is 2940. The Morgan fingerprint density at radius 3 is 1.00 bits per heavy atom. The van der Waals surface area contributed by atoms with Gasteiger partial charge in [-0.3, -0.25) is 9.98 Å². The minimum atomic E-state index is -0.271. The van der Waals surface area contributed by atoms with Crippen molar-refractivity contribution < 1.29 is 38.0 Å². The summed E-state index contributed by atoms with van der Waals surface area (Å²) in [6.45, 7) is 16.3. The summed E-state index contributed by atoms with van der Waals surface area (Å²) in [4.78, 5) is 34.2. The van der Waals surface area contributed by atoms with Crippen molar-refractivity contribution in [1.82, 2.24) is 0 Å². The first-order chi connectivity index (χ1) is 42.0. The molecule has 10 nitrogen and oxygen atoms in total. The van der Waals surface area contributed by atoms with Crippen molar-refractivity contribution in [3.63, 3.8) is 0 Å². The maximum Gasteiger partial charge on any atom is 0.338 e. The van der Waals surface area contributed by atoms with Crippen molar-refractivity contribution in [1.29, 1.82) is 0 Å². The molecule has 454 valence electrons. The van der Waals surface area contributed by atoms with Crippen LogP contribution in [0.25, 0.3) is 22.3 Å². The molecule has 7 aromatic carbocycles. The molecule has 0 heterocycles. The number of benzene rings is 7. The largest absolute Gasteiger partial charge is 0.494 e. The summed E-state index contributed by atoms with van der Waals surface area (Å²) in [6.07, 6.45) is 21.8. The lowest BCUT2D eigenvalue weighted by Crippen LogP contribution is -2.11. The summed E-state index contributed by atoms with van der Waals surface area (Å²) in [5.74, 6) is 3.79. The lowest BCUT2D eigenvalue weighted by Gasteiger charge is -2.10. The first-order valence-electron chi connectivity index (χ1n) is 31.7. The van der Waals surface area contributed by atoms with Crippen molar-refractivity contribution >= 4 is 35.7 Å². The van der Waals surface area contributed by atoms with E-state index in [1.165, 1.54) is 38.5 Å². The number of carbonyl (C=O) groups excluding carboxylic acids is 2. The maximum atomic E-state index is 12.4. The number of rotatable bonds is 38. The molecule has 2 unspecified atom stereocenters. The van der Waals surface area contributed by atoms with E-state index >= 15 is 0 Å². The molecule has 0 aromatic heterocycles. The highest BCUT2D eigenvalue weighted by Gasteiger charge is 2.12. The van der Waals surface area contributed by atoms with Crippen molar-refractivity contribution in [3.05, 3.63) is 191 Å². The first kappa shape index (κ1) is 65.6. The monoisotopic (exact) mass is 1160 g/mol. The summed E-state index contributed by atoms with van der Waals surface area (Å²) >= 11 is 0. The van der Waals surface area contributed by atoms with Crippen LogP contribution < -0.4 is 18.9 Å². The predicted molar refractivity (Wildman–Crippen MR) is 353 cm³/mol. The van der Waals surface area contributed by atoms with Gasteiger partial charge in [-0.15, -0.1) is 0 Å². The van der Waals surface area contributed by atoms with E-state index in [0.717, 1.165) is 156 Å². The fourth-order valence-corrected chi connectivity index (χ4v) is 9.60. The van der Waals surface area contributed by atoms with Gasteiger partial charge < -0.3 is 28.4 Å². The molecule has 0 aliphatic heterocycles. The van der Waals surface area contributed by atoms with Crippen LogP contribution in [-0.4, -0.2) is 64.0 Å². The molecule has 0 amide bonds. The van der Waals surface area contributed by atoms with Gasteiger partial charge in [0.1, 0.15) is 23.0 Å². The van der Waals surface area contributed by atoms with Gasteiger partial charge in [-0.2, -0.15) is 0 Å². The number of esters is 2. The average Bonchev–Trinajstić information content (AvgIpc) is 3.74. The summed E-state index contributed by atoms with van der Waals surface area (Å²) < 4.78 is 35.2. The molecule has 10 heteroatoms. The number of unbranched alkanes of at least 4 members (excludes halogenated alkanes) is 12. The van der Waals surface area contributed by atoms with Gasteiger partial charge in [0, 0.05) is 12.4 Å². The smallest absolute Gasteiger partial charge is 0.338 e. The highest BCUT2D eigenvalue weighted by Crippen LogP contribution is 2.27. The lowest BCUT2D eigenvalue weighted by molar-refractivity contribution is 0.0438. The number of aryl methyl sites for hydroxylation is 2. The summed E-state index contributed by atoms with van der Waals surface area (Å²) in [5, 5.41) is 0. The average molecular weight is 1160 g/mol. The van der Waals surface area contributed by atoms with Crippen LogP contribution >= 0.6 is 0 Å². The Kier molecular flexibility index (Phi) is 28.0. The molecule has 86 heavy (non-hydrogen) atoms. The van der Waals surface area contributed by atoms with Gasteiger partial charge in [0.2, 0.25) is 0 Å². The second kappa shape index (κ2) is 36.8. The number of ether oxygens (including phenoxy) is 6. The van der Waals surface area contributed by atoms with Crippen LogP contribution in [0, 0.1) is 25.7 Å². The fraction of sp³-hybridized carbons (Fsp3) is 0.395. The standard InChI is InChI=1S/C76H92N2O8/c1-7-57(3)55-85-75(79)67-29-25-63(26-30-67)65-33-41-71(42-34-65)81-47-19-15-11-9-13-17-21-49-83-73-45-23-61(51-59(73)5)53-77-69-37-39-70(40-38-69)78-54-62-24-46-74(60(6)52-62)84-50-22-18-14-10-12-16-20-48-82-72-43-35-66(36-44-72)64-27-31-68(32-28-64)76(80)86-56-58(4)8-2/h23-46,51-54,57-58H,7-22,47-50,55-56H2,1-6H3. The Labute approximate surface area is 513 Å². The van der Waals surface area contributed by atoms with Gasteiger partial charge in [-0.25, -0.2) is 9.59 Å². The van der Waals surface area contributed by atoms with Gasteiger partial charge in [0.15, 0.2) is 0 Å². The third-order valence-corrected chi connectivity index (χ3v) is 15.6. The van der Waals surface area contributed by atoms with Crippen LogP contribution in [0.3, 0.4) is 0 Å². The summed E-state index contributed by atoms with van der Waals surface area (Å²) in [5.41, 5.74) is 11.4. The number of hydrogen-bond donors (Lipinski definition) is 0.